The number of benzene rings is 1. The topological polar surface area (TPSA) is 29.5 Å². The molecule has 0 aliphatic carbocycles. The van der Waals surface area contributed by atoms with E-state index in [0.29, 0.717) is 0 Å². The highest BCUT2D eigenvalue weighted by Crippen LogP contribution is 2.30. The summed E-state index contributed by atoms with van der Waals surface area (Å²) in [5.41, 5.74) is 0.879. The second-order valence-electron chi connectivity index (χ2n) is 3.57. The molecule has 1 aromatic carbocycles. The number of methoxy groups -OCH3 is 1. The van der Waals surface area contributed by atoms with Gasteiger partial charge in [0.25, 0.3) is 0 Å². The predicted molar refractivity (Wildman–Crippen MR) is 57.4 cm³/mol. The highest BCUT2D eigenvalue weighted by atomic mass is 16.5. The molecule has 1 rings (SSSR count). The monoisotopic (exact) mass is 194 g/mol. The van der Waals surface area contributed by atoms with E-state index >= 15 is 0 Å². The van der Waals surface area contributed by atoms with Gasteiger partial charge in [0.05, 0.1) is 13.2 Å². The Bertz CT molecular complexity index is 283. The molecule has 0 aliphatic heterocycles. The van der Waals surface area contributed by atoms with E-state index in [4.69, 9.17) is 4.74 Å². The van der Waals surface area contributed by atoms with E-state index in [1.807, 2.05) is 31.2 Å². The molecule has 1 aromatic rings. The molecule has 0 fully saturated rings. The maximum absolute atomic E-state index is 10.0. The van der Waals surface area contributed by atoms with Gasteiger partial charge in [-0.3, -0.25) is 0 Å². The van der Waals surface area contributed by atoms with Gasteiger partial charge in [-0.15, -0.1) is 0 Å². The van der Waals surface area contributed by atoms with Crippen LogP contribution in [0.25, 0.3) is 0 Å². The molecule has 0 radical (unpaired) electrons. The molecule has 78 valence electrons. The average Bonchev–Trinajstić information content (AvgIpc) is 2.26. The minimum absolute atomic E-state index is 0.256. The first-order chi connectivity index (χ1) is 6.70. The van der Waals surface area contributed by atoms with Gasteiger partial charge in [-0.1, -0.05) is 38.5 Å². The van der Waals surface area contributed by atoms with Crippen LogP contribution in [0.4, 0.5) is 0 Å². The molecule has 2 heteroatoms. The maximum atomic E-state index is 10.0. The molecule has 0 spiro atoms. The number of aliphatic hydroxyl groups is 1. The van der Waals surface area contributed by atoms with Crippen LogP contribution in [0.3, 0.4) is 0 Å². The van der Waals surface area contributed by atoms with Crippen LogP contribution >= 0.6 is 0 Å². The zero-order valence-corrected chi connectivity index (χ0v) is 9.03. The van der Waals surface area contributed by atoms with Gasteiger partial charge < -0.3 is 9.84 Å². The Hall–Kier alpha value is -1.02. The lowest BCUT2D eigenvalue weighted by molar-refractivity contribution is 0.112. The lowest BCUT2D eigenvalue weighted by atomic mass is 9.95. The SMILES string of the molecule is CCC(C)C(O)c1ccccc1OC. The Labute approximate surface area is 85.5 Å². The number of rotatable bonds is 4. The summed E-state index contributed by atoms with van der Waals surface area (Å²) in [4.78, 5) is 0. The van der Waals surface area contributed by atoms with Crippen molar-refractivity contribution in [2.24, 2.45) is 5.92 Å². The minimum atomic E-state index is -0.434. The minimum Gasteiger partial charge on any atom is -0.496 e. The Morgan fingerprint density at radius 2 is 2.00 bits per heavy atom. The third kappa shape index (κ3) is 2.26. The van der Waals surface area contributed by atoms with Gasteiger partial charge in [0.2, 0.25) is 0 Å². The number of hydrogen-bond acceptors (Lipinski definition) is 2. The molecule has 2 atom stereocenters. The highest BCUT2D eigenvalue weighted by Gasteiger charge is 2.17. The van der Waals surface area contributed by atoms with E-state index < -0.39 is 6.10 Å². The van der Waals surface area contributed by atoms with E-state index in [1.165, 1.54) is 0 Å². The summed E-state index contributed by atoms with van der Waals surface area (Å²) >= 11 is 0. The molecular weight excluding hydrogens is 176 g/mol. The maximum Gasteiger partial charge on any atom is 0.124 e. The highest BCUT2D eigenvalue weighted by molar-refractivity contribution is 5.35. The first-order valence-electron chi connectivity index (χ1n) is 5.01. The number of hydrogen-bond donors (Lipinski definition) is 1. The smallest absolute Gasteiger partial charge is 0.124 e. The van der Waals surface area contributed by atoms with E-state index in [1.54, 1.807) is 7.11 Å². The van der Waals surface area contributed by atoms with E-state index in [9.17, 15) is 5.11 Å². The van der Waals surface area contributed by atoms with Crippen molar-refractivity contribution in [2.45, 2.75) is 26.4 Å². The van der Waals surface area contributed by atoms with Gasteiger partial charge in [0.15, 0.2) is 0 Å². The van der Waals surface area contributed by atoms with Crippen LogP contribution in [0, 0.1) is 5.92 Å². The van der Waals surface area contributed by atoms with E-state index in [2.05, 4.69) is 6.92 Å². The average molecular weight is 194 g/mol. The first-order valence-corrected chi connectivity index (χ1v) is 5.01. The van der Waals surface area contributed by atoms with Crippen LogP contribution in [0.1, 0.15) is 31.9 Å². The van der Waals surface area contributed by atoms with Crippen molar-refractivity contribution in [3.63, 3.8) is 0 Å². The molecule has 0 bridgehead atoms. The summed E-state index contributed by atoms with van der Waals surface area (Å²) in [6.07, 6.45) is 0.523. The fourth-order valence-electron chi connectivity index (χ4n) is 1.44. The van der Waals surface area contributed by atoms with Gasteiger partial charge in [0, 0.05) is 5.56 Å². The van der Waals surface area contributed by atoms with Gasteiger partial charge in [-0.05, 0) is 12.0 Å². The molecular formula is C12H18O2. The summed E-state index contributed by atoms with van der Waals surface area (Å²) in [5.74, 6) is 1.02. The molecule has 2 unspecified atom stereocenters. The van der Waals surface area contributed by atoms with Crippen LogP contribution in [0.2, 0.25) is 0 Å². The lowest BCUT2D eigenvalue weighted by Gasteiger charge is -2.19. The Kier molecular flexibility index (Phi) is 3.96. The quantitative estimate of drug-likeness (QED) is 0.798. The number of ether oxygens (including phenoxy) is 1. The second kappa shape index (κ2) is 5.01. The van der Waals surface area contributed by atoms with Crippen molar-refractivity contribution < 1.29 is 9.84 Å². The van der Waals surface area contributed by atoms with Crippen LogP contribution in [0.15, 0.2) is 24.3 Å². The van der Waals surface area contributed by atoms with Crippen molar-refractivity contribution in [3.05, 3.63) is 29.8 Å². The van der Waals surface area contributed by atoms with Crippen molar-refractivity contribution >= 4 is 0 Å². The summed E-state index contributed by atoms with van der Waals surface area (Å²) in [6, 6.07) is 7.62. The number of aliphatic hydroxyl groups excluding tert-OH is 1. The molecule has 0 saturated carbocycles. The zero-order valence-electron chi connectivity index (χ0n) is 9.03. The molecule has 1 N–H and O–H groups in total. The van der Waals surface area contributed by atoms with E-state index in [0.717, 1.165) is 17.7 Å². The van der Waals surface area contributed by atoms with Gasteiger partial charge in [-0.2, -0.15) is 0 Å². The molecule has 14 heavy (non-hydrogen) atoms. The normalized spacial score (nSPS) is 14.9. The predicted octanol–water partition coefficient (Wildman–Crippen LogP) is 2.77. The van der Waals surface area contributed by atoms with Crippen molar-refractivity contribution in [1.82, 2.24) is 0 Å². The largest absolute Gasteiger partial charge is 0.496 e. The lowest BCUT2D eigenvalue weighted by Crippen LogP contribution is -2.09. The van der Waals surface area contributed by atoms with Crippen molar-refractivity contribution in [1.29, 1.82) is 0 Å². The summed E-state index contributed by atoms with van der Waals surface area (Å²) in [6.45, 7) is 4.11. The van der Waals surface area contributed by atoms with Gasteiger partial charge in [-0.25, -0.2) is 0 Å². The van der Waals surface area contributed by atoms with Crippen LogP contribution in [-0.4, -0.2) is 12.2 Å². The molecule has 0 heterocycles. The summed E-state index contributed by atoms with van der Waals surface area (Å²) in [5, 5.41) is 10.0. The Morgan fingerprint density at radius 1 is 1.36 bits per heavy atom. The fraction of sp³-hybridized carbons (Fsp3) is 0.500. The fourth-order valence-corrected chi connectivity index (χ4v) is 1.44. The number of para-hydroxylation sites is 1. The van der Waals surface area contributed by atoms with E-state index in [-0.39, 0.29) is 5.92 Å². The molecule has 0 amide bonds. The Morgan fingerprint density at radius 3 is 2.57 bits per heavy atom. The Balaban J connectivity index is 2.93. The van der Waals surface area contributed by atoms with Gasteiger partial charge >= 0.3 is 0 Å². The molecule has 0 aliphatic rings. The van der Waals surface area contributed by atoms with Crippen molar-refractivity contribution in [3.8, 4) is 5.75 Å². The molecule has 0 aromatic heterocycles. The standard InChI is InChI=1S/C12H18O2/c1-4-9(2)12(13)10-7-5-6-8-11(10)14-3/h5-9,12-13H,4H2,1-3H3. The second-order valence-corrected chi connectivity index (χ2v) is 3.57. The third-order valence-corrected chi connectivity index (χ3v) is 2.64. The van der Waals surface area contributed by atoms with Crippen molar-refractivity contribution in [2.75, 3.05) is 7.11 Å². The van der Waals surface area contributed by atoms with Gasteiger partial charge in [0.1, 0.15) is 5.75 Å². The molecule has 2 nitrogen and oxygen atoms in total. The summed E-state index contributed by atoms with van der Waals surface area (Å²) < 4.78 is 5.20. The summed E-state index contributed by atoms with van der Waals surface area (Å²) in [7, 11) is 1.63. The zero-order chi connectivity index (χ0) is 10.6. The van der Waals surface area contributed by atoms with Crippen LogP contribution in [0.5, 0.6) is 5.75 Å². The first kappa shape index (κ1) is 11.1. The van der Waals surface area contributed by atoms with Crippen LogP contribution in [-0.2, 0) is 0 Å². The third-order valence-electron chi connectivity index (χ3n) is 2.64. The molecule has 0 saturated heterocycles. The van der Waals surface area contributed by atoms with Crippen LogP contribution < -0.4 is 4.74 Å².